The lowest BCUT2D eigenvalue weighted by molar-refractivity contribution is 0.0388. The average molecular weight is 277 g/mol. The third-order valence-electron chi connectivity index (χ3n) is 3.49. The Morgan fingerprint density at radius 3 is 2.80 bits per heavy atom. The molecule has 5 nitrogen and oxygen atoms in total. The Morgan fingerprint density at radius 1 is 1.40 bits per heavy atom. The molecule has 0 bridgehead atoms. The summed E-state index contributed by atoms with van der Waals surface area (Å²) in [7, 11) is 1.74. The first-order valence-electron chi connectivity index (χ1n) is 6.74. The number of amides is 1. The van der Waals surface area contributed by atoms with Gasteiger partial charge in [-0.3, -0.25) is 4.79 Å². The van der Waals surface area contributed by atoms with Crippen LogP contribution in [-0.4, -0.2) is 48.7 Å². The summed E-state index contributed by atoms with van der Waals surface area (Å²) in [5.74, 6) is -0.818. The molecule has 1 fully saturated rings. The Bertz CT molecular complexity index is 494. The highest BCUT2D eigenvalue weighted by molar-refractivity contribution is 5.97. The first-order chi connectivity index (χ1) is 9.58. The van der Waals surface area contributed by atoms with E-state index >= 15 is 0 Å². The minimum atomic E-state index is -1.03. The summed E-state index contributed by atoms with van der Waals surface area (Å²) in [6.45, 7) is 2.12. The van der Waals surface area contributed by atoms with E-state index in [-0.39, 0.29) is 11.5 Å². The molecule has 1 atom stereocenters. The lowest BCUT2D eigenvalue weighted by atomic mass is 10.0. The third-order valence-corrected chi connectivity index (χ3v) is 3.49. The maximum Gasteiger partial charge on any atom is 0.335 e. The third kappa shape index (κ3) is 3.57. The van der Waals surface area contributed by atoms with Gasteiger partial charge in [-0.1, -0.05) is 6.07 Å². The van der Waals surface area contributed by atoms with Gasteiger partial charge in [0.1, 0.15) is 0 Å². The highest BCUT2D eigenvalue weighted by atomic mass is 16.5. The van der Waals surface area contributed by atoms with Gasteiger partial charge in [-0.2, -0.15) is 0 Å². The number of rotatable bonds is 4. The van der Waals surface area contributed by atoms with E-state index < -0.39 is 5.97 Å². The fourth-order valence-electron chi connectivity index (χ4n) is 2.43. The van der Waals surface area contributed by atoms with Crippen molar-refractivity contribution in [2.24, 2.45) is 5.92 Å². The second-order valence-electron chi connectivity index (χ2n) is 5.15. The molecule has 1 N–H and O–H groups in total. The van der Waals surface area contributed by atoms with E-state index in [1.54, 1.807) is 24.1 Å². The minimum absolute atomic E-state index is 0.130. The number of carbonyl (C=O) groups excluding carboxylic acids is 1. The molecule has 20 heavy (non-hydrogen) atoms. The quantitative estimate of drug-likeness (QED) is 0.912. The molecule has 1 aliphatic rings. The molecular weight excluding hydrogens is 258 g/mol. The van der Waals surface area contributed by atoms with Crippen molar-refractivity contribution in [3.63, 3.8) is 0 Å². The fourth-order valence-corrected chi connectivity index (χ4v) is 2.43. The normalized spacial score (nSPS) is 18.6. The predicted molar refractivity (Wildman–Crippen MR) is 73.9 cm³/mol. The number of aromatic carboxylic acids is 1. The zero-order valence-electron chi connectivity index (χ0n) is 11.5. The van der Waals surface area contributed by atoms with Crippen LogP contribution in [0.1, 0.15) is 33.6 Å². The Labute approximate surface area is 118 Å². The Hall–Kier alpha value is -1.88. The van der Waals surface area contributed by atoms with Crippen molar-refractivity contribution < 1.29 is 19.4 Å². The summed E-state index contributed by atoms with van der Waals surface area (Å²) in [6, 6.07) is 6.13. The Balaban J connectivity index is 2.02. The highest BCUT2D eigenvalue weighted by Crippen LogP contribution is 2.16. The maximum absolute atomic E-state index is 12.3. The van der Waals surface area contributed by atoms with Crippen LogP contribution in [0.3, 0.4) is 0 Å². The van der Waals surface area contributed by atoms with Crippen molar-refractivity contribution in [3.05, 3.63) is 35.4 Å². The second-order valence-corrected chi connectivity index (χ2v) is 5.15. The molecule has 1 aliphatic heterocycles. The van der Waals surface area contributed by atoms with E-state index in [4.69, 9.17) is 9.84 Å². The Morgan fingerprint density at radius 2 is 2.15 bits per heavy atom. The van der Waals surface area contributed by atoms with Crippen LogP contribution >= 0.6 is 0 Å². The monoisotopic (exact) mass is 277 g/mol. The van der Waals surface area contributed by atoms with Crippen LogP contribution in [0.15, 0.2) is 24.3 Å². The zero-order chi connectivity index (χ0) is 14.5. The van der Waals surface area contributed by atoms with Crippen LogP contribution < -0.4 is 0 Å². The van der Waals surface area contributed by atoms with Gasteiger partial charge in [-0.05, 0) is 37.0 Å². The van der Waals surface area contributed by atoms with Crippen molar-refractivity contribution in [2.45, 2.75) is 12.8 Å². The fraction of sp³-hybridized carbons (Fsp3) is 0.467. The van der Waals surface area contributed by atoms with E-state index in [1.165, 1.54) is 12.1 Å². The summed E-state index contributed by atoms with van der Waals surface area (Å²) >= 11 is 0. The van der Waals surface area contributed by atoms with Gasteiger partial charge in [-0.15, -0.1) is 0 Å². The van der Waals surface area contributed by atoms with Crippen LogP contribution in [0.2, 0.25) is 0 Å². The van der Waals surface area contributed by atoms with Gasteiger partial charge < -0.3 is 14.7 Å². The zero-order valence-corrected chi connectivity index (χ0v) is 11.5. The number of carboxylic acid groups (broad SMARTS) is 1. The van der Waals surface area contributed by atoms with Crippen molar-refractivity contribution in [2.75, 3.05) is 26.8 Å². The second kappa shape index (κ2) is 6.52. The smallest absolute Gasteiger partial charge is 0.335 e. The van der Waals surface area contributed by atoms with Crippen molar-refractivity contribution in [1.29, 1.82) is 0 Å². The number of hydrogen-bond acceptors (Lipinski definition) is 3. The van der Waals surface area contributed by atoms with Crippen LogP contribution in [-0.2, 0) is 4.74 Å². The molecule has 0 aromatic heterocycles. The number of ether oxygens (including phenoxy) is 1. The SMILES string of the molecule is CN(CC1CCCOC1)C(=O)c1cccc(C(=O)O)c1. The molecule has 1 unspecified atom stereocenters. The van der Waals surface area contributed by atoms with Crippen LogP contribution in [0, 0.1) is 5.92 Å². The summed E-state index contributed by atoms with van der Waals surface area (Å²) in [6.07, 6.45) is 2.09. The average Bonchev–Trinajstić information content (AvgIpc) is 2.47. The van der Waals surface area contributed by atoms with E-state index in [2.05, 4.69) is 0 Å². The number of carboxylic acids is 1. The van der Waals surface area contributed by atoms with Gasteiger partial charge in [0.25, 0.3) is 5.91 Å². The molecule has 5 heteroatoms. The van der Waals surface area contributed by atoms with Crippen LogP contribution in [0.25, 0.3) is 0 Å². The molecule has 1 heterocycles. The number of hydrogen-bond donors (Lipinski definition) is 1. The van der Waals surface area contributed by atoms with E-state index in [1.807, 2.05) is 0 Å². The van der Waals surface area contributed by atoms with Gasteiger partial charge in [0, 0.05) is 25.8 Å². The maximum atomic E-state index is 12.3. The molecular formula is C15H19NO4. The van der Waals surface area contributed by atoms with Crippen LogP contribution in [0.4, 0.5) is 0 Å². The molecule has 1 aromatic carbocycles. The topological polar surface area (TPSA) is 66.8 Å². The molecule has 108 valence electrons. The van der Waals surface area contributed by atoms with Gasteiger partial charge in [0.05, 0.1) is 12.2 Å². The first kappa shape index (κ1) is 14.5. The largest absolute Gasteiger partial charge is 0.478 e. The van der Waals surface area contributed by atoms with Crippen LogP contribution in [0.5, 0.6) is 0 Å². The van der Waals surface area contributed by atoms with Crippen molar-refractivity contribution >= 4 is 11.9 Å². The summed E-state index contributed by atoms with van der Waals surface area (Å²) in [4.78, 5) is 24.8. The van der Waals surface area contributed by atoms with Crippen molar-refractivity contribution in [3.8, 4) is 0 Å². The highest BCUT2D eigenvalue weighted by Gasteiger charge is 2.20. The first-order valence-corrected chi connectivity index (χ1v) is 6.74. The molecule has 0 spiro atoms. The number of nitrogens with zero attached hydrogens (tertiary/aromatic N) is 1. The van der Waals surface area contributed by atoms with Gasteiger partial charge >= 0.3 is 5.97 Å². The molecule has 0 aliphatic carbocycles. The Kier molecular flexibility index (Phi) is 4.74. The summed E-state index contributed by atoms with van der Waals surface area (Å²) < 4.78 is 5.40. The molecule has 1 amide bonds. The van der Waals surface area contributed by atoms with E-state index in [9.17, 15) is 9.59 Å². The number of benzene rings is 1. The summed E-state index contributed by atoms with van der Waals surface area (Å²) in [5, 5.41) is 8.95. The lowest BCUT2D eigenvalue weighted by Crippen LogP contribution is -2.35. The van der Waals surface area contributed by atoms with Crippen molar-refractivity contribution in [1.82, 2.24) is 4.90 Å². The van der Waals surface area contributed by atoms with Gasteiger partial charge in [0.2, 0.25) is 0 Å². The number of carbonyl (C=O) groups is 2. The lowest BCUT2D eigenvalue weighted by Gasteiger charge is -2.27. The van der Waals surface area contributed by atoms with Gasteiger partial charge in [-0.25, -0.2) is 4.79 Å². The van der Waals surface area contributed by atoms with Gasteiger partial charge in [0.15, 0.2) is 0 Å². The molecule has 1 aromatic rings. The molecule has 1 saturated heterocycles. The molecule has 2 rings (SSSR count). The van der Waals surface area contributed by atoms with E-state index in [0.29, 0.717) is 24.6 Å². The summed E-state index contributed by atoms with van der Waals surface area (Å²) in [5.41, 5.74) is 0.536. The standard InChI is InChI=1S/C15H19NO4/c1-16(9-11-4-3-7-20-10-11)14(17)12-5-2-6-13(8-12)15(18)19/h2,5-6,8,11H,3-4,7,9-10H2,1H3,(H,18,19). The minimum Gasteiger partial charge on any atom is -0.478 e. The predicted octanol–water partition coefficient (Wildman–Crippen LogP) is 1.88. The molecule has 0 saturated carbocycles. The van der Waals surface area contributed by atoms with E-state index in [0.717, 1.165) is 19.4 Å². The molecule has 0 radical (unpaired) electrons.